The first kappa shape index (κ1) is 21.4. The summed E-state index contributed by atoms with van der Waals surface area (Å²) >= 11 is 6.22. The van der Waals surface area contributed by atoms with Gasteiger partial charge in [-0.1, -0.05) is 23.7 Å². The van der Waals surface area contributed by atoms with E-state index in [9.17, 15) is 13.2 Å². The van der Waals surface area contributed by atoms with Crippen molar-refractivity contribution in [3.05, 3.63) is 64.2 Å². The molecule has 0 radical (unpaired) electrons. The van der Waals surface area contributed by atoms with Gasteiger partial charge in [0.05, 0.1) is 17.2 Å². The zero-order valence-corrected chi connectivity index (χ0v) is 15.9. The van der Waals surface area contributed by atoms with E-state index in [-0.39, 0.29) is 12.4 Å². The van der Waals surface area contributed by atoms with Crippen LogP contribution in [0.3, 0.4) is 0 Å². The summed E-state index contributed by atoms with van der Waals surface area (Å²) in [7, 11) is 0. The normalized spacial score (nSPS) is 15.1. The molecule has 0 bridgehead atoms. The maximum Gasteiger partial charge on any atom is 0.416 e. The Hall–Kier alpha value is -1.94. The molecule has 1 fully saturated rings. The predicted molar refractivity (Wildman–Crippen MR) is 102 cm³/mol. The SMILES string of the molecule is Cl.N#Cc1ccc(CN2CCN(c3cccc(C(F)(F)F)c3)CC2)c(Cl)c1. The van der Waals surface area contributed by atoms with Crippen molar-refractivity contribution in [2.75, 3.05) is 31.1 Å². The molecule has 3 rings (SSSR count). The summed E-state index contributed by atoms with van der Waals surface area (Å²) in [5.74, 6) is 0. The number of nitriles is 1. The van der Waals surface area contributed by atoms with Gasteiger partial charge in [0, 0.05) is 43.4 Å². The fraction of sp³-hybridized carbons (Fsp3) is 0.316. The molecular formula is C19H18Cl2F3N3. The Morgan fingerprint density at radius 2 is 1.74 bits per heavy atom. The first-order chi connectivity index (χ1) is 12.4. The fourth-order valence-corrected chi connectivity index (χ4v) is 3.27. The molecule has 0 spiro atoms. The molecule has 0 N–H and O–H groups in total. The first-order valence-electron chi connectivity index (χ1n) is 8.20. The van der Waals surface area contributed by atoms with E-state index < -0.39 is 11.7 Å². The van der Waals surface area contributed by atoms with Crippen LogP contribution in [0.25, 0.3) is 0 Å². The van der Waals surface area contributed by atoms with Gasteiger partial charge in [-0.2, -0.15) is 18.4 Å². The molecular weight excluding hydrogens is 398 g/mol. The summed E-state index contributed by atoms with van der Waals surface area (Å²) in [6.07, 6.45) is -4.33. The number of alkyl halides is 3. The van der Waals surface area contributed by atoms with Gasteiger partial charge in [-0.05, 0) is 35.9 Å². The Morgan fingerprint density at radius 3 is 2.33 bits per heavy atom. The van der Waals surface area contributed by atoms with Crippen molar-refractivity contribution in [1.82, 2.24) is 4.90 Å². The maximum absolute atomic E-state index is 12.9. The fourth-order valence-electron chi connectivity index (χ4n) is 3.03. The molecule has 0 unspecified atom stereocenters. The molecule has 2 aromatic rings. The maximum atomic E-state index is 12.9. The van der Waals surface area contributed by atoms with Crippen molar-refractivity contribution in [3.8, 4) is 6.07 Å². The summed E-state index contributed by atoms with van der Waals surface area (Å²) in [6, 6.07) is 12.7. The van der Waals surface area contributed by atoms with Crippen LogP contribution in [0, 0.1) is 11.3 Å². The number of hydrogen-bond donors (Lipinski definition) is 0. The Labute approximate surface area is 167 Å². The van der Waals surface area contributed by atoms with Crippen LogP contribution < -0.4 is 4.90 Å². The number of halogens is 5. The van der Waals surface area contributed by atoms with Crippen LogP contribution in [0.5, 0.6) is 0 Å². The predicted octanol–water partition coefficient (Wildman–Crippen LogP) is 4.97. The highest BCUT2D eigenvalue weighted by atomic mass is 35.5. The molecule has 0 atom stereocenters. The monoisotopic (exact) mass is 415 g/mol. The minimum atomic E-state index is -4.33. The Kier molecular flexibility index (Phi) is 6.99. The van der Waals surface area contributed by atoms with E-state index in [1.807, 2.05) is 11.0 Å². The smallest absolute Gasteiger partial charge is 0.369 e. The van der Waals surface area contributed by atoms with E-state index in [0.717, 1.165) is 24.7 Å². The molecule has 0 aromatic heterocycles. The van der Waals surface area contributed by atoms with E-state index in [4.69, 9.17) is 16.9 Å². The lowest BCUT2D eigenvalue weighted by Gasteiger charge is -2.36. The summed E-state index contributed by atoms with van der Waals surface area (Å²) in [5, 5.41) is 9.45. The summed E-state index contributed by atoms with van der Waals surface area (Å²) in [4.78, 5) is 4.17. The van der Waals surface area contributed by atoms with Crippen molar-refractivity contribution in [2.45, 2.75) is 12.7 Å². The number of anilines is 1. The van der Waals surface area contributed by atoms with Gasteiger partial charge in [0.25, 0.3) is 0 Å². The molecule has 1 aliphatic rings. The van der Waals surface area contributed by atoms with Gasteiger partial charge in [0.2, 0.25) is 0 Å². The van der Waals surface area contributed by atoms with Crippen LogP contribution in [-0.4, -0.2) is 31.1 Å². The first-order valence-corrected chi connectivity index (χ1v) is 8.58. The zero-order chi connectivity index (χ0) is 18.7. The minimum absolute atomic E-state index is 0. The summed E-state index contributed by atoms with van der Waals surface area (Å²) in [5.41, 5.74) is 1.43. The lowest BCUT2D eigenvalue weighted by Crippen LogP contribution is -2.46. The third-order valence-corrected chi connectivity index (χ3v) is 4.84. The van der Waals surface area contributed by atoms with Gasteiger partial charge in [0.15, 0.2) is 0 Å². The van der Waals surface area contributed by atoms with Crippen LogP contribution in [0.1, 0.15) is 16.7 Å². The largest absolute Gasteiger partial charge is 0.416 e. The van der Waals surface area contributed by atoms with Gasteiger partial charge < -0.3 is 4.90 Å². The molecule has 3 nitrogen and oxygen atoms in total. The number of hydrogen-bond acceptors (Lipinski definition) is 3. The quantitative estimate of drug-likeness (QED) is 0.708. The summed E-state index contributed by atoms with van der Waals surface area (Å²) < 4.78 is 38.6. The highest BCUT2D eigenvalue weighted by Gasteiger charge is 2.31. The van der Waals surface area contributed by atoms with E-state index in [1.54, 1.807) is 18.2 Å². The van der Waals surface area contributed by atoms with Crippen LogP contribution in [0.4, 0.5) is 18.9 Å². The average molecular weight is 416 g/mol. The van der Waals surface area contributed by atoms with Gasteiger partial charge in [-0.3, -0.25) is 4.90 Å². The molecule has 0 saturated carbocycles. The van der Waals surface area contributed by atoms with E-state index in [1.165, 1.54) is 12.1 Å². The van der Waals surface area contributed by atoms with Gasteiger partial charge in [-0.15, -0.1) is 12.4 Å². The molecule has 0 aliphatic carbocycles. The minimum Gasteiger partial charge on any atom is -0.369 e. The lowest BCUT2D eigenvalue weighted by atomic mass is 10.1. The highest BCUT2D eigenvalue weighted by molar-refractivity contribution is 6.31. The van der Waals surface area contributed by atoms with Gasteiger partial charge in [0.1, 0.15) is 0 Å². The third kappa shape index (κ3) is 5.29. The van der Waals surface area contributed by atoms with Crippen molar-refractivity contribution in [3.63, 3.8) is 0 Å². The van der Waals surface area contributed by atoms with Crippen molar-refractivity contribution < 1.29 is 13.2 Å². The lowest BCUT2D eigenvalue weighted by molar-refractivity contribution is -0.137. The second kappa shape index (κ2) is 8.83. The van der Waals surface area contributed by atoms with Crippen molar-refractivity contribution in [1.29, 1.82) is 5.26 Å². The number of nitrogens with zero attached hydrogens (tertiary/aromatic N) is 3. The second-order valence-corrected chi connectivity index (χ2v) is 6.64. The van der Waals surface area contributed by atoms with Crippen LogP contribution in [0.15, 0.2) is 42.5 Å². The number of piperazine rings is 1. The van der Waals surface area contributed by atoms with Crippen LogP contribution >= 0.6 is 24.0 Å². The van der Waals surface area contributed by atoms with Gasteiger partial charge in [-0.25, -0.2) is 0 Å². The van der Waals surface area contributed by atoms with Crippen molar-refractivity contribution in [2.24, 2.45) is 0 Å². The molecule has 27 heavy (non-hydrogen) atoms. The number of rotatable bonds is 3. The topological polar surface area (TPSA) is 30.3 Å². The molecule has 144 valence electrons. The third-order valence-electron chi connectivity index (χ3n) is 4.49. The Bertz CT molecular complexity index is 826. The van der Waals surface area contributed by atoms with Gasteiger partial charge >= 0.3 is 6.18 Å². The summed E-state index contributed by atoms with van der Waals surface area (Å²) in [6.45, 7) is 3.41. The molecule has 2 aromatic carbocycles. The molecule has 1 saturated heterocycles. The van der Waals surface area contributed by atoms with Crippen LogP contribution in [-0.2, 0) is 12.7 Å². The highest BCUT2D eigenvalue weighted by Crippen LogP contribution is 2.32. The Morgan fingerprint density at radius 1 is 1.04 bits per heavy atom. The molecule has 0 amide bonds. The second-order valence-electron chi connectivity index (χ2n) is 6.23. The number of benzene rings is 2. The average Bonchev–Trinajstić information content (AvgIpc) is 2.63. The standard InChI is InChI=1S/C19H17ClF3N3.ClH/c20-18-10-14(12-24)4-5-15(18)13-25-6-8-26(9-7-25)17-3-1-2-16(11-17)19(21,22)23;/h1-5,10-11H,6-9,13H2;1H. The van der Waals surface area contributed by atoms with E-state index in [2.05, 4.69) is 11.0 Å². The molecule has 1 aliphatic heterocycles. The van der Waals surface area contributed by atoms with Crippen molar-refractivity contribution >= 4 is 29.7 Å². The van der Waals surface area contributed by atoms with Crippen LogP contribution in [0.2, 0.25) is 5.02 Å². The molecule has 8 heteroatoms. The van der Waals surface area contributed by atoms with E-state index >= 15 is 0 Å². The Balaban J connectivity index is 0.00000261. The molecule has 1 heterocycles. The zero-order valence-electron chi connectivity index (χ0n) is 14.3. The van der Waals surface area contributed by atoms with E-state index in [0.29, 0.717) is 35.9 Å².